The number of sulfonamides is 1. The minimum atomic E-state index is -3.81. The zero-order chi connectivity index (χ0) is 20.3. The van der Waals surface area contributed by atoms with E-state index in [-0.39, 0.29) is 54.9 Å². The van der Waals surface area contributed by atoms with Crippen molar-refractivity contribution in [3.63, 3.8) is 0 Å². The zero-order valence-corrected chi connectivity index (χ0v) is 16.0. The second-order valence-electron chi connectivity index (χ2n) is 5.25. The Labute approximate surface area is 158 Å². The smallest absolute Gasteiger partial charge is 0.240 e. The van der Waals surface area contributed by atoms with Gasteiger partial charge >= 0.3 is 0 Å². The molecule has 27 heavy (non-hydrogen) atoms. The first-order valence-corrected chi connectivity index (χ1v) is 9.51. The number of hydrogen-bond acceptors (Lipinski definition) is 6. The van der Waals surface area contributed by atoms with Crippen LogP contribution < -0.4 is 24.8 Å². The van der Waals surface area contributed by atoms with E-state index in [1.807, 2.05) is 0 Å². The van der Waals surface area contributed by atoms with Crippen LogP contribution in [-0.4, -0.2) is 54.1 Å². The second kappa shape index (κ2) is 11.1. The van der Waals surface area contributed by atoms with Crippen molar-refractivity contribution in [1.29, 1.82) is 0 Å². The van der Waals surface area contributed by atoms with Crippen LogP contribution in [0.1, 0.15) is 12.8 Å². The Balaban J connectivity index is 2.45. The number of carbonyl (C=O) groups excluding carboxylic acids is 2. The summed E-state index contributed by atoms with van der Waals surface area (Å²) in [6, 6.07) is 4.18. The van der Waals surface area contributed by atoms with Gasteiger partial charge in [-0.2, -0.15) is 0 Å². The summed E-state index contributed by atoms with van der Waals surface area (Å²) in [6.07, 6.45) is 5.03. The van der Waals surface area contributed by atoms with Crippen molar-refractivity contribution < 1.29 is 27.5 Å². The topological polar surface area (TPSA) is 123 Å². The van der Waals surface area contributed by atoms with Crippen molar-refractivity contribution in [2.45, 2.75) is 17.7 Å². The van der Waals surface area contributed by atoms with Gasteiger partial charge in [0.1, 0.15) is 0 Å². The molecular weight excluding hydrogens is 374 g/mol. The molecule has 1 rings (SSSR count). The summed E-state index contributed by atoms with van der Waals surface area (Å²) in [6.45, 7) is 0.175. The first-order chi connectivity index (χ1) is 12.8. The van der Waals surface area contributed by atoms with Crippen molar-refractivity contribution in [3.05, 3.63) is 18.2 Å². The average molecular weight is 397 g/mol. The molecule has 1 aromatic carbocycles. The quantitative estimate of drug-likeness (QED) is 0.438. The summed E-state index contributed by atoms with van der Waals surface area (Å²) >= 11 is 0. The van der Waals surface area contributed by atoms with E-state index in [0.29, 0.717) is 5.75 Å². The molecule has 0 spiro atoms. The Hall–Kier alpha value is -2.77. The number of carbonyl (C=O) groups is 2. The minimum Gasteiger partial charge on any atom is -0.493 e. The number of benzene rings is 1. The van der Waals surface area contributed by atoms with Crippen molar-refractivity contribution >= 4 is 21.8 Å². The number of nitrogens with one attached hydrogen (secondary N) is 3. The SMILES string of the molecule is C#CCNC(=O)CCNC(=O)CCNS(=O)(=O)c1ccc(OC)c(OC)c1. The molecule has 0 aliphatic heterocycles. The molecule has 0 bridgehead atoms. The lowest BCUT2D eigenvalue weighted by Gasteiger charge is -2.11. The molecule has 1 aromatic rings. The lowest BCUT2D eigenvalue weighted by Crippen LogP contribution is -2.33. The standard InChI is InChI=1S/C17H23N3O6S/c1-4-9-18-16(21)7-10-19-17(22)8-11-20-27(23,24)13-5-6-14(25-2)15(12-13)26-3/h1,5-6,12,20H,7-11H2,2-3H3,(H,18,21)(H,19,22). The van der Waals surface area contributed by atoms with Gasteiger partial charge < -0.3 is 20.1 Å². The molecule has 0 atom stereocenters. The number of ether oxygens (including phenoxy) is 2. The number of terminal acetylenes is 1. The van der Waals surface area contributed by atoms with E-state index in [1.165, 1.54) is 32.4 Å². The fraction of sp³-hybridized carbons (Fsp3) is 0.412. The second-order valence-corrected chi connectivity index (χ2v) is 7.01. The van der Waals surface area contributed by atoms with Crippen LogP contribution in [0, 0.1) is 12.3 Å². The Morgan fingerprint density at radius 3 is 2.30 bits per heavy atom. The summed E-state index contributed by atoms with van der Waals surface area (Å²) < 4.78 is 37.0. The van der Waals surface area contributed by atoms with E-state index in [4.69, 9.17) is 15.9 Å². The van der Waals surface area contributed by atoms with Gasteiger partial charge in [-0.1, -0.05) is 5.92 Å². The number of rotatable bonds is 11. The van der Waals surface area contributed by atoms with Crippen LogP contribution in [0.5, 0.6) is 11.5 Å². The Kier molecular flexibility index (Phi) is 9.12. The zero-order valence-electron chi connectivity index (χ0n) is 15.2. The third-order valence-electron chi connectivity index (χ3n) is 3.37. The predicted octanol–water partition coefficient (Wildman–Crippen LogP) is -0.372. The van der Waals surface area contributed by atoms with Gasteiger partial charge in [-0.3, -0.25) is 9.59 Å². The summed E-state index contributed by atoms with van der Waals surface area (Å²) in [4.78, 5) is 23.0. The Bertz CT molecular complexity index is 801. The van der Waals surface area contributed by atoms with Gasteiger partial charge in [-0.15, -0.1) is 6.42 Å². The molecule has 0 unspecified atom stereocenters. The summed E-state index contributed by atoms with van der Waals surface area (Å²) in [5, 5.41) is 4.99. The van der Waals surface area contributed by atoms with Crippen molar-refractivity contribution in [2.24, 2.45) is 0 Å². The molecule has 3 N–H and O–H groups in total. The van der Waals surface area contributed by atoms with E-state index < -0.39 is 10.0 Å². The summed E-state index contributed by atoms with van der Waals surface area (Å²) in [5.74, 6) is 2.30. The first kappa shape index (κ1) is 22.3. The maximum Gasteiger partial charge on any atom is 0.240 e. The maximum atomic E-state index is 12.3. The molecule has 0 fully saturated rings. The predicted molar refractivity (Wildman–Crippen MR) is 98.8 cm³/mol. The highest BCUT2D eigenvalue weighted by Crippen LogP contribution is 2.29. The van der Waals surface area contributed by atoms with E-state index in [1.54, 1.807) is 0 Å². The van der Waals surface area contributed by atoms with Crippen LogP contribution in [0.15, 0.2) is 23.1 Å². The van der Waals surface area contributed by atoms with Gasteiger partial charge in [-0.05, 0) is 12.1 Å². The number of hydrogen-bond donors (Lipinski definition) is 3. The fourth-order valence-electron chi connectivity index (χ4n) is 2.01. The summed E-state index contributed by atoms with van der Waals surface area (Å²) in [5.41, 5.74) is 0. The lowest BCUT2D eigenvalue weighted by molar-refractivity contribution is -0.122. The Morgan fingerprint density at radius 1 is 1.04 bits per heavy atom. The molecule has 0 saturated carbocycles. The van der Waals surface area contributed by atoms with Crippen LogP contribution in [-0.2, 0) is 19.6 Å². The molecule has 0 saturated heterocycles. The number of methoxy groups -OCH3 is 2. The normalized spacial score (nSPS) is 10.6. The van der Waals surface area contributed by atoms with E-state index in [2.05, 4.69) is 21.3 Å². The highest BCUT2D eigenvalue weighted by molar-refractivity contribution is 7.89. The molecule has 148 valence electrons. The molecule has 0 heterocycles. The summed E-state index contributed by atoms with van der Waals surface area (Å²) in [7, 11) is -0.959. The van der Waals surface area contributed by atoms with Crippen LogP contribution in [0.25, 0.3) is 0 Å². The van der Waals surface area contributed by atoms with Crippen LogP contribution in [0.3, 0.4) is 0 Å². The fourth-order valence-corrected chi connectivity index (χ4v) is 3.05. The minimum absolute atomic E-state index is 0.00857. The largest absolute Gasteiger partial charge is 0.493 e. The van der Waals surface area contributed by atoms with Gasteiger partial charge in [0.05, 0.1) is 25.7 Å². The van der Waals surface area contributed by atoms with Gasteiger partial charge in [0, 0.05) is 32.0 Å². The molecule has 9 nitrogen and oxygen atoms in total. The van der Waals surface area contributed by atoms with Gasteiger partial charge in [0.25, 0.3) is 0 Å². The van der Waals surface area contributed by atoms with Gasteiger partial charge in [-0.25, -0.2) is 13.1 Å². The molecular formula is C17H23N3O6S. The monoisotopic (exact) mass is 397 g/mol. The lowest BCUT2D eigenvalue weighted by atomic mass is 10.3. The molecule has 2 amide bonds. The highest BCUT2D eigenvalue weighted by Gasteiger charge is 2.17. The van der Waals surface area contributed by atoms with Gasteiger partial charge in [0.2, 0.25) is 21.8 Å². The highest BCUT2D eigenvalue weighted by atomic mass is 32.2. The molecule has 0 aliphatic carbocycles. The molecule has 0 radical (unpaired) electrons. The van der Waals surface area contributed by atoms with Crippen molar-refractivity contribution in [1.82, 2.24) is 15.4 Å². The average Bonchev–Trinajstić information content (AvgIpc) is 2.65. The molecule has 0 aliphatic rings. The third-order valence-corrected chi connectivity index (χ3v) is 4.83. The Morgan fingerprint density at radius 2 is 1.67 bits per heavy atom. The third kappa shape index (κ3) is 7.55. The van der Waals surface area contributed by atoms with Crippen molar-refractivity contribution in [3.8, 4) is 23.8 Å². The van der Waals surface area contributed by atoms with Crippen LogP contribution in [0.4, 0.5) is 0 Å². The van der Waals surface area contributed by atoms with E-state index in [9.17, 15) is 18.0 Å². The molecule has 0 aromatic heterocycles. The van der Waals surface area contributed by atoms with Crippen LogP contribution >= 0.6 is 0 Å². The van der Waals surface area contributed by atoms with Crippen molar-refractivity contribution in [2.75, 3.05) is 33.9 Å². The van der Waals surface area contributed by atoms with Crippen LogP contribution in [0.2, 0.25) is 0 Å². The maximum absolute atomic E-state index is 12.3. The van der Waals surface area contributed by atoms with E-state index >= 15 is 0 Å². The number of amides is 2. The molecule has 10 heteroatoms. The first-order valence-electron chi connectivity index (χ1n) is 8.02. The van der Waals surface area contributed by atoms with Gasteiger partial charge in [0.15, 0.2) is 11.5 Å². The van der Waals surface area contributed by atoms with E-state index in [0.717, 1.165) is 0 Å².